The van der Waals surface area contributed by atoms with Crippen LogP contribution in [-0.4, -0.2) is 23.5 Å². The lowest BCUT2D eigenvalue weighted by atomic mass is 10.1. The molecule has 2 aromatic rings. The van der Waals surface area contributed by atoms with E-state index in [9.17, 15) is 9.59 Å². The summed E-state index contributed by atoms with van der Waals surface area (Å²) in [5.41, 5.74) is 2.34. The Morgan fingerprint density at radius 3 is 3.05 bits per heavy atom. The molecule has 0 unspecified atom stereocenters. The van der Waals surface area contributed by atoms with Crippen LogP contribution >= 0.6 is 11.3 Å². The van der Waals surface area contributed by atoms with Gasteiger partial charge in [0.2, 0.25) is 0 Å². The number of hydrogen-bond acceptors (Lipinski definition) is 4. The average molecular weight is 314 g/mol. The molecule has 1 aliphatic rings. The molecule has 0 radical (unpaired) electrons. The molecule has 0 saturated carbocycles. The summed E-state index contributed by atoms with van der Waals surface area (Å²) in [6.07, 6.45) is 6.70. The highest BCUT2D eigenvalue weighted by atomic mass is 32.1. The zero-order valence-corrected chi connectivity index (χ0v) is 12.7. The topological polar surface area (TPSA) is 71.2 Å². The van der Waals surface area contributed by atoms with E-state index in [-0.39, 0.29) is 11.9 Å². The minimum atomic E-state index is -0.373. The summed E-state index contributed by atoms with van der Waals surface area (Å²) in [6, 6.07) is 5.66. The van der Waals surface area contributed by atoms with Crippen molar-refractivity contribution < 1.29 is 14.3 Å². The molecular formula is C16H14N2O3S. The van der Waals surface area contributed by atoms with E-state index < -0.39 is 0 Å². The SMILES string of the molecule is CCOC(=O)/C=C\c1cc2c(s1)NC(=O)/C2=C\c1ccc[nH]1. The summed E-state index contributed by atoms with van der Waals surface area (Å²) in [5, 5.41) is 3.64. The smallest absolute Gasteiger partial charge is 0.330 e. The van der Waals surface area contributed by atoms with Crippen molar-refractivity contribution in [2.75, 3.05) is 11.9 Å². The van der Waals surface area contributed by atoms with Gasteiger partial charge >= 0.3 is 5.97 Å². The van der Waals surface area contributed by atoms with Crippen LogP contribution in [0.1, 0.15) is 23.1 Å². The number of anilines is 1. The third-order valence-electron chi connectivity index (χ3n) is 3.11. The van der Waals surface area contributed by atoms with Gasteiger partial charge in [0.25, 0.3) is 5.91 Å². The maximum atomic E-state index is 12.0. The van der Waals surface area contributed by atoms with Crippen molar-refractivity contribution in [1.82, 2.24) is 4.98 Å². The fourth-order valence-corrected chi connectivity index (χ4v) is 3.12. The Balaban J connectivity index is 1.86. The van der Waals surface area contributed by atoms with Gasteiger partial charge in [0.05, 0.1) is 12.2 Å². The van der Waals surface area contributed by atoms with E-state index in [0.29, 0.717) is 12.2 Å². The predicted molar refractivity (Wildman–Crippen MR) is 87.3 cm³/mol. The number of rotatable bonds is 4. The molecule has 2 N–H and O–H groups in total. The monoisotopic (exact) mass is 314 g/mol. The number of carbonyl (C=O) groups is 2. The van der Waals surface area contributed by atoms with Crippen molar-refractivity contribution in [2.24, 2.45) is 0 Å². The molecule has 0 aromatic carbocycles. The molecule has 0 fully saturated rings. The molecule has 112 valence electrons. The zero-order chi connectivity index (χ0) is 15.5. The number of carbonyl (C=O) groups excluding carboxylic acids is 2. The molecule has 0 saturated heterocycles. The predicted octanol–water partition coefficient (Wildman–Crippen LogP) is 3.15. The Kier molecular flexibility index (Phi) is 3.93. The van der Waals surface area contributed by atoms with Gasteiger partial charge in [-0.25, -0.2) is 4.79 Å². The van der Waals surface area contributed by atoms with Crippen molar-refractivity contribution >= 4 is 45.9 Å². The number of ether oxygens (including phenoxy) is 1. The second-order valence-electron chi connectivity index (χ2n) is 4.61. The number of fused-ring (bicyclic) bond motifs is 1. The summed E-state index contributed by atoms with van der Waals surface area (Å²) < 4.78 is 4.84. The molecule has 3 rings (SSSR count). The van der Waals surface area contributed by atoms with Crippen molar-refractivity contribution in [3.63, 3.8) is 0 Å². The molecule has 22 heavy (non-hydrogen) atoms. The maximum absolute atomic E-state index is 12.0. The normalized spacial score (nSPS) is 15.3. The first-order valence-electron chi connectivity index (χ1n) is 6.83. The quantitative estimate of drug-likeness (QED) is 0.673. The van der Waals surface area contributed by atoms with E-state index in [1.165, 1.54) is 17.4 Å². The number of nitrogens with one attached hydrogen (secondary N) is 2. The van der Waals surface area contributed by atoms with Crippen LogP contribution in [-0.2, 0) is 14.3 Å². The van der Waals surface area contributed by atoms with Crippen LogP contribution in [0, 0.1) is 0 Å². The number of aromatic amines is 1. The molecule has 1 aliphatic heterocycles. The Bertz CT molecular complexity index is 769. The highest BCUT2D eigenvalue weighted by Crippen LogP contribution is 2.40. The first-order chi connectivity index (χ1) is 10.7. The molecule has 5 nitrogen and oxygen atoms in total. The van der Waals surface area contributed by atoms with E-state index in [0.717, 1.165) is 21.1 Å². The molecule has 0 bridgehead atoms. The number of thiophene rings is 1. The van der Waals surface area contributed by atoms with Crippen molar-refractivity contribution in [3.8, 4) is 0 Å². The third-order valence-corrected chi connectivity index (χ3v) is 4.12. The van der Waals surface area contributed by atoms with E-state index in [1.54, 1.807) is 19.2 Å². The van der Waals surface area contributed by atoms with Crippen LogP contribution in [0.15, 0.2) is 30.5 Å². The van der Waals surface area contributed by atoms with Crippen LogP contribution < -0.4 is 5.32 Å². The second kappa shape index (κ2) is 6.03. The first-order valence-corrected chi connectivity index (χ1v) is 7.64. The van der Waals surface area contributed by atoms with Gasteiger partial charge in [-0.3, -0.25) is 4.79 Å². The van der Waals surface area contributed by atoms with Crippen LogP contribution in [0.25, 0.3) is 17.7 Å². The molecule has 6 heteroatoms. The Labute approximate surface area is 131 Å². The number of esters is 1. The Hall–Kier alpha value is -2.60. The summed E-state index contributed by atoms with van der Waals surface area (Å²) >= 11 is 1.42. The van der Waals surface area contributed by atoms with E-state index in [1.807, 2.05) is 24.3 Å². The number of H-pyrrole nitrogens is 1. The van der Waals surface area contributed by atoms with Crippen LogP contribution in [0.4, 0.5) is 5.00 Å². The summed E-state index contributed by atoms with van der Waals surface area (Å²) in [6.45, 7) is 2.11. The lowest BCUT2D eigenvalue weighted by molar-refractivity contribution is -0.137. The van der Waals surface area contributed by atoms with Crippen molar-refractivity contribution in [2.45, 2.75) is 6.92 Å². The lowest BCUT2D eigenvalue weighted by Crippen LogP contribution is -2.03. The fourth-order valence-electron chi connectivity index (χ4n) is 2.15. The fraction of sp³-hybridized carbons (Fsp3) is 0.125. The largest absolute Gasteiger partial charge is 0.463 e. The number of hydrogen-bond donors (Lipinski definition) is 2. The van der Waals surface area contributed by atoms with Crippen molar-refractivity contribution in [1.29, 1.82) is 0 Å². The van der Waals surface area contributed by atoms with Gasteiger partial charge < -0.3 is 15.0 Å². The van der Waals surface area contributed by atoms with Gasteiger partial charge in [-0.05, 0) is 37.3 Å². The minimum absolute atomic E-state index is 0.114. The molecular weight excluding hydrogens is 300 g/mol. The standard InChI is InChI=1S/C16H14N2O3S/c1-2-21-14(19)6-5-11-9-13-12(8-10-4-3-7-17-10)15(20)18-16(13)22-11/h3-9,17H,2H2,1H3,(H,18,20)/b6-5-,12-8-. The Morgan fingerprint density at radius 1 is 1.45 bits per heavy atom. The average Bonchev–Trinajstić information content (AvgIpc) is 3.17. The summed E-state index contributed by atoms with van der Waals surface area (Å²) in [5.74, 6) is -0.487. The maximum Gasteiger partial charge on any atom is 0.330 e. The van der Waals surface area contributed by atoms with E-state index in [4.69, 9.17) is 4.74 Å². The molecule has 1 amide bonds. The number of amides is 1. The Morgan fingerprint density at radius 2 is 2.32 bits per heavy atom. The van der Waals surface area contributed by atoms with Gasteiger partial charge in [0.1, 0.15) is 5.00 Å². The highest BCUT2D eigenvalue weighted by molar-refractivity contribution is 7.17. The molecule has 0 atom stereocenters. The minimum Gasteiger partial charge on any atom is -0.463 e. The molecule has 2 aromatic heterocycles. The first kappa shape index (κ1) is 14.3. The lowest BCUT2D eigenvalue weighted by Gasteiger charge is -1.95. The summed E-state index contributed by atoms with van der Waals surface area (Å²) in [4.78, 5) is 27.3. The van der Waals surface area contributed by atoms with E-state index in [2.05, 4.69) is 10.3 Å². The van der Waals surface area contributed by atoms with Crippen molar-refractivity contribution in [3.05, 3.63) is 46.6 Å². The number of aromatic nitrogens is 1. The third kappa shape index (κ3) is 2.87. The molecule has 0 spiro atoms. The molecule has 3 heterocycles. The van der Waals surface area contributed by atoms with Gasteiger partial charge in [-0.1, -0.05) is 0 Å². The van der Waals surface area contributed by atoms with Crippen LogP contribution in [0.3, 0.4) is 0 Å². The highest BCUT2D eigenvalue weighted by Gasteiger charge is 2.26. The van der Waals surface area contributed by atoms with Gasteiger partial charge in [-0.15, -0.1) is 11.3 Å². The van der Waals surface area contributed by atoms with Crippen LogP contribution in [0.5, 0.6) is 0 Å². The second-order valence-corrected chi connectivity index (χ2v) is 5.70. The molecule has 0 aliphatic carbocycles. The van der Waals surface area contributed by atoms with Gasteiger partial charge in [-0.2, -0.15) is 0 Å². The van der Waals surface area contributed by atoms with Gasteiger partial charge in [0, 0.05) is 28.4 Å². The van der Waals surface area contributed by atoms with Gasteiger partial charge in [0.15, 0.2) is 0 Å². The zero-order valence-electron chi connectivity index (χ0n) is 11.9. The summed E-state index contributed by atoms with van der Waals surface area (Å²) in [7, 11) is 0. The van der Waals surface area contributed by atoms with E-state index >= 15 is 0 Å². The van der Waals surface area contributed by atoms with Crippen LogP contribution in [0.2, 0.25) is 0 Å².